The lowest BCUT2D eigenvalue weighted by atomic mass is 9.78. The average Bonchev–Trinajstić information content (AvgIpc) is 3.70. The molecule has 0 unspecified atom stereocenters. The quantitative estimate of drug-likeness (QED) is 0.222. The molecule has 6 heteroatoms. The first-order valence-corrected chi connectivity index (χ1v) is 14.4. The van der Waals surface area contributed by atoms with E-state index in [0.717, 1.165) is 48.1 Å². The number of amides is 1. The van der Waals surface area contributed by atoms with E-state index in [-0.39, 0.29) is 11.8 Å². The minimum absolute atomic E-state index is 0.0643. The topological polar surface area (TPSA) is 92.1 Å². The maximum atomic E-state index is 12.9. The number of hydrogen-bond donors (Lipinski definition) is 1. The number of nitrogens with zero attached hydrogens (tertiary/aromatic N) is 2. The molecule has 0 atom stereocenters. The second-order valence-corrected chi connectivity index (χ2v) is 11.3. The van der Waals surface area contributed by atoms with Gasteiger partial charge in [-0.1, -0.05) is 38.1 Å². The van der Waals surface area contributed by atoms with Crippen LogP contribution in [0.15, 0.2) is 87.9 Å². The van der Waals surface area contributed by atoms with Gasteiger partial charge in [0, 0.05) is 28.8 Å². The Bertz CT molecular complexity index is 1680. The van der Waals surface area contributed by atoms with Gasteiger partial charge in [-0.2, -0.15) is 5.26 Å². The largest absolute Gasteiger partial charge is 0.464 e. The van der Waals surface area contributed by atoms with Crippen LogP contribution in [-0.2, 0) is 0 Å². The zero-order chi connectivity index (χ0) is 28.3. The number of oxazole rings is 1. The fraction of sp³-hybridized carbons (Fsp3) is 0.286. The summed E-state index contributed by atoms with van der Waals surface area (Å²) in [5, 5.41) is 12.5. The Morgan fingerprint density at radius 1 is 1.00 bits per heavy atom. The number of aromatic nitrogens is 1. The smallest absolute Gasteiger partial charge is 0.251 e. The normalized spacial score (nSPS) is 17.0. The maximum Gasteiger partial charge on any atom is 0.251 e. The lowest BCUT2D eigenvalue weighted by Gasteiger charge is -2.29. The van der Waals surface area contributed by atoms with E-state index in [2.05, 4.69) is 54.5 Å². The van der Waals surface area contributed by atoms with Crippen molar-refractivity contribution in [3.8, 4) is 28.8 Å². The highest BCUT2D eigenvalue weighted by Crippen LogP contribution is 2.36. The molecule has 1 saturated carbocycles. The van der Waals surface area contributed by atoms with Crippen LogP contribution in [0.5, 0.6) is 0 Å². The summed E-state index contributed by atoms with van der Waals surface area (Å²) in [6, 6.07) is 25.8. The number of nitriles is 1. The van der Waals surface area contributed by atoms with Crippen LogP contribution in [-0.4, -0.2) is 17.4 Å². The molecular weight excluding hydrogens is 510 g/mol. The first-order chi connectivity index (χ1) is 20.0. The molecule has 1 N–H and O–H groups in total. The first kappa shape index (κ1) is 26.6. The molecule has 0 bridgehead atoms. The lowest BCUT2D eigenvalue weighted by molar-refractivity contribution is 0.0943. The number of furan rings is 1. The van der Waals surface area contributed by atoms with E-state index in [1.807, 2.05) is 42.5 Å². The molecule has 1 aliphatic carbocycles. The van der Waals surface area contributed by atoms with Gasteiger partial charge in [0.25, 0.3) is 5.91 Å². The van der Waals surface area contributed by atoms with E-state index in [1.54, 1.807) is 12.3 Å². The molecular formula is C35H33N3O3. The van der Waals surface area contributed by atoms with Gasteiger partial charge >= 0.3 is 0 Å². The standard InChI is InChI=1S/C35H33N3O3/c1-22(2)30-18-24(20-36)19-31-33(30)41-35(38-31)29-15-13-28(14-16-29)34(39)37-21-23-5-7-25(8-6-23)26-9-11-27(12-10-26)32-4-3-17-40-32/h3-4,9-19,22-23,25H,5-8,21H2,1-2H3,(H,37,39). The molecule has 1 fully saturated rings. The van der Waals surface area contributed by atoms with E-state index in [1.165, 1.54) is 5.56 Å². The zero-order valence-electron chi connectivity index (χ0n) is 23.4. The van der Waals surface area contributed by atoms with Gasteiger partial charge in [0.1, 0.15) is 11.3 Å². The second-order valence-electron chi connectivity index (χ2n) is 11.3. The molecule has 0 saturated heterocycles. The van der Waals surface area contributed by atoms with Crippen LogP contribution in [0.25, 0.3) is 33.9 Å². The van der Waals surface area contributed by atoms with Gasteiger partial charge in [-0.3, -0.25) is 4.79 Å². The zero-order valence-corrected chi connectivity index (χ0v) is 23.4. The van der Waals surface area contributed by atoms with Crippen molar-refractivity contribution in [2.75, 3.05) is 6.54 Å². The Balaban J connectivity index is 1.03. The highest BCUT2D eigenvalue weighted by Gasteiger charge is 2.23. The number of fused-ring (bicyclic) bond motifs is 1. The van der Waals surface area contributed by atoms with Gasteiger partial charge in [-0.05, 0) is 97.5 Å². The van der Waals surface area contributed by atoms with E-state index in [9.17, 15) is 10.1 Å². The Morgan fingerprint density at radius 2 is 1.73 bits per heavy atom. The molecule has 2 aromatic heterocycles. The number of nitrogens with one attached hydrogen (secondary N) is 1. The summed E-state index contributed by atoms with van der Waals surface area (Å²) in [5.41, 5.74) is 6.80. The van der Waals surface area contributed by atoms with Gasteiger partial charge in [0.15, 0.2) is 5.58 Å². The van der Waals surface area contributed by atoms with E-state index >= 15 is 0 Å². The van der Waals surface area contributed by atoms with Gasteiger partial charge in [-0.25, -0.2) is 4.98 Å². The van der Waals surface area contributed by atoms with Crippen LogP contribution in [0.4, 0.5) is 0 Å². The van der Waals surface area contributed by atoms with E-state index < -0.39 is 0 Å². The van der Waals surface area contributed by atoms with Crippen molar-refractivity contribution in [2.24, 2.45) is 5.92 Å². The Morgan fingerprint density at radius 3 is 2.39 bits per heavy atom. The van der Waals surface area contributed by atoms with Crippen molar-refractivity contribution in [3.63, 3.8) is 0 Å². The van der Waals surface area contributed by atoms with Crippen LogP contribution in [0.1, 0.15) is 78.4 Å². The molecule has 0 spiro atoms. The van der Waals surface area contributed by atoms with Crippen molar-refractivity contribution < 1.29 is 13.6 Å². The van der Waals surface area contributed by atoms with Crippen LogP contribution < -0.4 is 5.32 Å². The van der Waals surface area contributed by atoms with Crippen LogP contribution in [0.3, 0.4) is 0 Å². The van der Waals surface area contributed by atoms with Gasteiger partial charge in [0.2, 0.25) is 5.89 Å². The number of carbonyl (C=O) groups excluding carboxylic acids is 1. The predicted octanol–water partition coefficient (Wildman–Crippen LogP) is 8.45. The second kappa shape index (κ2) is 11.5. The third-order valence-electron chi connectivity index (χ3n) is 8.25. The maximum absolute atomic E-state index is 12.9. The molecule has 1 aliphatic rings. The Labute approximate surface area is 240 Å². The molecule has 0 radical (unpaired) electrons. The van der Waals surface area contributed by atoms with Gasteiger partial charge < -0.3 is 14.2 Å². The van der Waals surface area contributed by atoms with Crippen molar-refractivity contribution in [3.05, 3.63) is 101 Å². The van der Waals surface area contributed by atoms with Crippen molar-refractivity contribution >= 4 is 17.0 Å². The summed E-state index contributed by atoms with van der Waals surface area (Å²) in [6.45, 7) is 4.83. The Hall–Kier alpha value is -4.63. The number of carbonyl (C=O) groups is 1. The fourth-order valence-electron chi connectivity index (χ4n) is 5.84. The molecule has 0 aliphatic heterocycles. The van der Waals surface area contributed by atoms with Crippen LogP contribution >= 0.6 is 0 Å². The first-order valence-electron chi connectivity index (χ1n) is 14.4. The molecule has 41 heavy (non-hydrogen) atoms. The third kappa shape index (κ3) is 5.67. The predicted molar refractivity (Wildman–Crippen MR) is 159 cm³/mol. The molecule has 206 valence electrons. The number of hydrogen-bond acceptors (Lipinski definition) is 5. The monoisotopic (exact) mass is 543 g/mol. The SMILES string of the molecule is CC(C)c1cc(C#N)cc2nc(-c3ccc(C(=O)NCC4CCC(c5ccc(-c6ccco6)cc5)CC4)cc3)oc12. The highest BCUT2D eigenvalue weighted by molar-refractivity contribution is 5.94. The summed E-state index contributed by atoms with van der Waals surface area (Å²) >= 11 is 0. The summed E-state index contributed by atoms with van der Waals surface area (Å²) in [7, 11) is 0. The summed E-state index contributed by atoms with van der Waals surface area (Å²) in [5.74, 6) is 2.57. The molecule has 3 aromatic carbocycles. The highest BCUT2D eigenvalue weighted by atomic mass is 16.3. The number of rotatable bonds is 7. The molecule has 6 rings (SSSR count). The minimum Gasteiger partial charge on any atom is -0.464 e. The summed E-state index contributed by atoms with van der Waals surface area (Å²) < 4.78 is 11.6. The van der Waals surface area contributed by atoms with E-state index in [0.29, 0.717) is 46.5 Å². The van der Waals surface area contributed by atoms with Crippen LogP contribution in [0.2, 0.25) is 0 Å². The van der Waals surface area contributed by atoms with Crippen molar-refractivity contribution in [1.29, 1.82) is 5.26 Å². The Kier molecular flexibility index (Phi) is 7.43. The third-order valence-corrected chi connectivity index (χ3v) is 8.25. The number of benzene rings is 3. The van der Waals surface area contributed by atoms with Crippen LogP contribution in [0, 0.1) is 17.2 Å². The van der Waals surface area contributed by atoms with Crippen molar-refractivity contribution in [2.45, 2.75) is 51.4 Å². The molecule has 2 heterocycles. The van der Waals surface area contributed by atoms with Gasteiger partial charge in [0.05, 0.1) is 17.9 Å². The van der Waals surface area contributed by atoms with E-state index in [4.69, 9.17) is 8.83 Å². The minimum atomic E-state index is -0.0643. The molecule has 1 amide bonds. The summed E-state index contributed by atoms with van der Waals surface area (Å²) in [4.78, 5) is 17.5. The van der Waals surface area contributed by atoms with Gasteiger partial charge in [-0.15, -0.1) is 0 Å². The van der Waals surface area contributed by atoms with Crippen molar-refractivity contribution in [1.82, 2.24) is 10.3 Å². The fourth-order valence-corrected chi connectivity index (χ4v) is 5.84. The molecule has 5 aromatic rings. The molecule has 6 nitrogen and oxygen atoms in total. The lowest BCUT2D eigenvalue weighted by Crippen LogP contribution is -2.31. The summed E-state index contributed by atoms with van der Waals surface area (Å²) in [6.07, 6.45) is 6.18. The average molecular weight is 544 g/mol.